The van der Waals surface area contributed by atoms with Crippen LogP contribution in [0.3, 0.4) is 0 Å². The fourth-order valence-electron chi connectivity index (χ4n) is 2.16. The quantitative estimate of drug-likeness (QED) is 0.907. The fourth-order valence-corrected chi connectivity index (χ4v) is 2.16. The molecule has 100 valence electrons. The Morgan fingerprint density at radius 3 is 2.42 bits per heavy atom. The summed E-state index contributed by atoms with van der Waals surface area (Å²) in [5.41, 5.74) is -0.398. The minimum absolute atomic E-state index is 0.269. The fraction of sp³-hybridized carbons (Fsp3) is 0.429. The zero-order chi connectivity index (χ0) is 13.9. The Bertz CT molecular complexity index is 512. The number of nitrogens with one attached hydrogen (secondary N) is 1. The second kappa shape index (κ2) is 5.35. The summed E-state index contributed by atoms with van der Waals surface area (Å²) < 4.78 is 25.9. The van der Waals surface area contributed by atoms with E-state index < -0.39 is 17.0 Å². The van der Waals surface area contributed by atoms with Crippen molar-refractivity contribution in [2.45, 2.75) is 25.7 Å². The SMILES string of the molecule is N#CC1(C(=O)NCCc2cc(F)cc(F)c2)CCC1. The summed E-state index contributed by atoms with van der Waals surface area (Å²) in [7, 11) is 0. The maximum Gasteiger partial charge on any atom is 0.240 e. The second-order valence-electron chi connectivity index (χ2n) is 4.83. The number of amides is 1. The van der Waals surface area contributed by atoms with E-state index in [-0.39, 0.29) is 12.5 Å². The highest BCUT2D eigenvalue weighted by molar-refractivity contribution is 5.86. The van der Waals surface area contributed by atoms with Crippen molar-refractivity contribution in [3.05, 3.63) is 35.4 Å². The number of carbonyl (C=O) groups excluding carboxylic acids is 1. The number of benzene rings is 1. The summed E-state index contributed by atoms with van der Waals surface area (Å²) in [6, 6.07) is 5.33. The van der Waals surface area contributed by atoms with Gasteiger partial charge >= 0.3 is 0 Å². The average Bonchev–Trinajstić information content (AvgIpc) is 2.26. The molecule has 19 heavy (non-hydrogen) atoms. The average molecular weight is 264 g/mol. The molecule has 0 saturated heterocycles. The van der Waals surface area contributed by atoms with Crippen LogP contribution in [0.5, 0.6) is 0 Å². The molecule has 3 nitrogen and oxygen atoms in total. The molecule has 0 unspecified atom stereocenters. The lowest BCUT2D eigenvalue weighted by molar-refractivity contribution is -0.131. The van der Waals surface area contributed by atoms with E-state index in [2.05, 4.69) is 5.32 Å². The summed E-state index contributed by atoms with van der Waals surface area (Å²) >= 11 is 0. The zero-order valence-electron chi connectivity index (χ0n) is 10.4. The number of hydrogen-bond acceptors (Lipinski definition) is 2. The number of carbonyl (C=O) groups is 1. The Kier molecular flexibility index (Phi) is 3.79. The van der Waals surface area contributed by atoms with E-state index in [9.17, 15) is 13.6 Å². The van der Waals surface area contributed by atoms with Crippen molar-refractivity contribution < 1.29 is 13.6 Å². The van der Waals surface area contributed by atoms with E-state index in [0.717, 1.165) is 12.5 Å². The van der Waals surface area contributed by atoms with E-state index in [4.69, 9.17) is 5.26 Å². The van der Waals surface area contributed by atoms with Crippen LogP contribution in [0.1, 0.15) is 24.8 Å². The predicted molar refractivity (Wildman–Crippen MR) is 65.0 cm³/mol. The molecular weight excluding hydrogens is 250 g/mol. The van der Waals surface area contributed by atoms with Gasteiger partial charge in [0.15, 0.2) is 0 Å². The molecule has 0 aromatic heterocycles. The van der Waals surface area contributed by atoms with Gasteiger partial charge in [-0.3, -0.25) is 4.79 Å². The van der Waals surface area contributed by atoms with Gasteiger partial charge in [0.25, 0.3) is 0 Å². The normalized spacial score (nSPS) is 16.3. The highest BCUT2D eigenvalue weighted by Gasteiger charge is 2.44. The van der Waals surface area contributed by atoms with Crippen molar-refractivity contribution in [1.29, 1.82) is 5.26 Å². The molecule has 1 aliphatic rings. The van der Waals surface area contributed by atoms with Gasteiger partial charge in [0.05, 0.1) is 6.07 Å². The Labute approximate surface area is 110 Å². The molecule has 1 amide bonds. The maximum absolute atomic E-state index is 13.0. The van der Waals surface area contributed by atoms with Gasteiger partial charge in [-0.05, 0) is 43.4 Å². The molecule has 1 aliphatic carbocycles. The van der Waals surface area contributed by atoms with Crippen LogP contribution in [0.15, 0.2) is 18.2 Å². The molecule has 1 saturated carbocycles. The number of halogens is 2. The molecule has 1 aromatic rings. The number of nitriles is 1. The standard InChI is InChI=1S/C14H14F2N2O/c15-11-6-10(7-12(16)8-11)2-5-18-13(19)14(9-17)3-1-4-14/h6-8H,1-5H2,(H,18,19). The van der Waals surface area contributed by atoms with Gasteiger partial charge in [-0.1, -0.05) is 0 Å². The summed E-state index contributed by atoms with van der Waals surface area (Å²) in [5, 5.41) is 11.6. The molecule has 0 atom stereocenters. The van der Waals surface area contributed by atoms with E-state index in [1.165, 1.54) is 12.1 Å². The van der Waals surface area contributed by atoms with Gasteiger partial charge in [-0.2, -0.15) is 5.26 Å². The van der Waals surface area contributed by atoms with Gasteiger partial charge in [-0.25, -0.2) is 8.78 Å². The van der Waals surface area contributed by atoms with Gasteiger partial charge in [0.1, 0.15) is 17.0 Å². The molecule has 1 aromatic carbocycles. The molecule has 0 heterocycles. The summed E-state index contributed by atoms with van der Waals surface area (Å²) in [4.78, 5) is 11.8. The lowest BCUT2D eigenvalue weighted by Gasteiger charge is -2.33. The van der Waals surface area contributed by atoms with Crippen molar-refractivity contribution in [1.82, 2.24) is 5.32 Å². The van der Waals surface area contributed by atoms with Crippen molar-refractivity contribution in [2.24, 2.45) is 5.41 Å². The maximum atomic E-state index is 13.0. The minimum atomic E-state index is -0.882. The highest BCUT2D eigenvalue weighted by Crippen LogP contribution is 2.40. The van der Waals surface area contributed by atoms with Crippen LogP contribution in [0, 0.1) is 28.4 Å². The molecular formula is C14H14F2N2O. The molecule has 1 N–H and O–H groups in total. The van der Waals surface area contributed by atoms with Gasteiger partial charge in [0.2, 0.25) is 5.91 Å². The lowest BCUT2D eigenvalue weighted by atomic mass is 9.69. The number of nitrogens with zero attached hydrogens (tertiary/aromatic N) is 1. The van der Waals surface area contributed by atoms with Crippen LogP contribution < -0.4 is 5.32 Å². The molecule has 0 aliphatic heterocycles. The van der Waals surface area contributed by atoms with E-state index in [0.29, 0.717) is 24.8 Å². The van der Waals surface area contributed by atoms with Gasteiger partial charge < -0.3 is 5.32 Å². The minimum Gasteiger partial charge on any atom is -0.354 e. The van der Waals surface area contributed by atoms with Crippen LogP contribution >= 0.6 is 0 Å². The molecule has 0 bridgehead atoms. The van der Waals surface area contributed by atoms with E-state index >= 15 is 0 Å². The Morgan fingerprint density at radius 1 is 1.32 bits per heavy atom. The van der Waals surface area contributed by atoms with Crippen molar-refractivity contribution in [3.63, 3.8) is 0 Å². The molecule has 2 rings (SSSR count). The summed E-state index contributed by atoms with van der Waals surface area (Å²) in [6.45, 7) is 0.269. The van der Waals surface area contributed by atoms with Crippen LogP contribution in [0.25, 0.3) is 0 Å². The third kappa shape index (κ3) is 2.90. The first-order valence-corrected chi connectivity index (χ1v) is 6.20. The molecule has 0 spiro atoms. The predicted octanol–water partition coefficient (Wildman–Crippen LogP) is 2.32. The third-order valence-electron chi connectivity index (χ3n) is 3.48. The Morgan fingerprint density at radius 2 is 1.95 bits per heavy atom. The van der Waals surface area contributed by atoms with Gasteiger partial charge in [0, 0.05) is 12.6 Å². The summed E-state index contributed by atoms with van der Waals surface area (Å²) in [5.74, 6) is -1.54. The number of hydrogen-bond donors (Lipinski definition) is 1. The number of rotatable bonds is 4. The van der Waals surface area contributed by atoms with E-state index in [1.54, 1.807) is 0 Å². The van der Waals surface area contributed by atoms with E-state index in [1.807, 2.05) is 6.07 Å². The molecule has 5 heteroatoms. The highest BCUT2D eigenvalue weighted by atomic mass is 19.1. The molecule has 0 radical (unpaired) electrons. The first-order valence-electron chi connectivity index (χ1n) is 6.20. The molecule has 1 fully saturated rings. The van der Waals surface area contributed by atoms with Crippen LogP contribution in [-0.2, 0) is 11.2 Å². The first kappa shape index (κ1) is 13.5. The van der Waals surface area contributed by atoms with Crippen molar-refractivity contribution >= 4 is 5.91 Å². The lowest BCUT2D eigenvalue weighted by Crippen LogP contribution is -2.45. The van der Waals surface area contributed by atoms with Crippen LogP contribution in [-0.4, -0.2) is 12.5 Å². The zero-order valence-corrected chi connectivity index (χ0v) is 10.4. The largest absolute Gasteiger partial charge is 0.354 e. The van der Waals surface area contributed by atoms with Crippen molar-refractivity contribution in [2.75, 3.05) is 6.54 Å². The smallest absolute Gasteiger partial charge is 0.240 e. The Hall–Kier alpha value is -1.96. The topological polar surface area (TPSA) is 52.9 Å². The van der Waals surface area contributed by atoms with Crippen LogP contribution in [0.4, 0.5) is 8.78 Å². The Balaban J connectivity index is 1.87. The van der Waals surface area contributed by atoms with Crippen molar-refractivity contribution in [3.8, 4) is 6.07 Å². The second-order valence-corrected chi connectivity index (χ2v) is 4.83. The summed E-state index contributed by atoms with van der Waals surface area (Å²) in [6.07, 6.45) is 2.39. The first-order chi connectivity index (χ1) is 9.05. The monoisotopic (exact) mass is 264 g/mol. The van der Waals surface area contributed by atoms with Crippen LogP contribution in [0.2, 0.25) is 0 Å². The van der Waals surface area contributed by atoms with Gasteiger partial charge in [-0.15, -0.1) is 0 Å². The third-order valence-corrected chi connectivity index (χ3v) is 3.48.